The molecule has 0 aliphatic carbocycles. The van der Waals surface area contributed by atoms with E-state index < -0.39 is 0 Å². The minimum absolute atomic E-state index is 0.0380. The molecule has 0 amide bonds. The first-order chi connectivity index (χ1) is 25.8. The molecular formula is C44H29N9. The molecule has 9 heteroatoms. The second kappa shape index (κ2) is 11.8. The van der Waals surface area contributed by atoms with E-state index in [0.717, 1.165) is 55.2 Å². The number of fused-ring (bicyclic) bond motifs is 6. The Morgan fingerprint density at radius 1 is 0.717 bits per heavy atom. The molecule has 0 radical (unpaired) electrons. The molecule has 4 aromatic carbocycles. The highest BCUT2D eigenvalue weighted by molar-refractivity contribution is 6.11. The van der Waals surface area contributed by atoms with Gasteiger partial charge in [-0.3, -0.25) is 14.2 Å². The summed E-state index contributed by atoms with van der Waals surface area (Å²) in [5.74, 6) is 0.864. The molecule has 0 saturated carbocycles. The Balaban J connectivity index is 1.25. The summed E-state index contributed by atoms with van der Waals surface area (Å²) in [6, 6.07) is 38.5. The largest absolute Gasteiger partial charge is 0.294 e. The molecule has 9 rings (SSSR count). The SMILES string of the molecule is [C-]#[N+]c1cc(C#N)c(-c2cc(-c3ccc4c5ccccc5n(-c5ccc6c7ccccc7n(-c7cc(C(C)(C)C)ccn7)c6c5)c4n3)[nH]n2)c([N+]#[C-])c1. The van der Waals surface area contributed by atoms with Crippen molar-refractivity contribution in [2.75, 3.05) is 0 Å². The summed E-state index contributed by atoms with van der Waals surface area (Å²) in [7, 11) is 0. The molecule has 0 saturated heterocycles. The number of nitriles is 1. The first-order valence-electron chi connectivity index (χ1n) is 17.1. The first-order valence-corrected chi connectivity index (χ1v) is 17.1. The minimum Gasteiger partial charge on any atom is -0.294 e. The summed E-state index contributed by atoms with van der Waals surface area (Å²) in [4.78, 5) is 17.1. The van der Waals surface area contributed by atoms with E-state index in [1.54, 1.807) is 6.07 Å². The van der Waals surface area contributed by atoms with Crippen LogP contribution in [0.15, 0.2) is 115 Å². The van der Waals surface area contributed by atoms with Gasteiger partial charge in [-0.25, -0.2) is 19.7 Å². The monoisotopic (exact) mass is 683 g/mol. The Kier molecular flexibility index (Phi) is 6.98. The fraction of sp³-hybridized carbons (Fsp3) is 0.0909. The van der Waals surface area contributed by atoms with Crippen LogP contribution >= 0.6 is 0 Å². The molecule has 0 atom stereocenters. The fourth-order valence-corrected chi connectivity index (χ4v) is 7.31. The number of aromatic nitrogens is 6. The second-order valence-corrected chi connectivity index (χ2v) is 14.0. The number of benzene rings is 4. The number of pyridine rings is 2. The maximum absolute atomic E-state index is 9.89. The van der Waals surface area contributed by atoms with Crippen molar-refractivity contribution in [3.63, 3.8) is 0 Å². The Hall–Kier alpha value is -7.54. The topological polar surface area (TPSA) is 96.8 Å². The molecule has 53 heavy (non-hydrogen) atoms. The van der Waals surface area contributed by atoms with Crippen molar-refractivity contribution in [2.45, 2.75) is 26.2 Å². The molecule has 9 nitrogen and oxygen atoms in total. The zero-order chi connectivity index (χ0) is 36.4. The minimum atomic E-state index is -0.0380. The van der Waals surface area contributed by atoms with Gasteiger partial charge in [0.1, 0.15) is 11.5 Å². The maximum atomic E-state index is 9.89. The second-order valence-electron chi connectivity index (χ2n) is 14.0. The molecular weight excluding hydrogens is 655 g/mol. The van der Waals surface area contributed by atoms with Crippen LogP contribution in [0.25, 0.3) is 87.6 Å². The van der Waals surface area contributed by atoms with Crippen LogP contribution in [0.4, 0.5) is 11.4 Å². The van der Waals surface area contributed by atoms with Crippen LogP contribution in [0.5, 0.6) is 0 Å². The number of nitrogens with one attached hydrogen (secondary N) is 1. The lowest BCUT2D eigenvalue weighted by molar-refractivity contribution is 0.588. The van der Waals surface area contributed by atoms with Gasteiger partial charge in [0.15, 0.2) is 11.4 Å². The van der Waals surface area contributed by atoms with Crippen LogP contribution in [0, 0.1) is 24.5 Å². The molecule has 0 unspecified atom stereocenters. The van der Waals surface area contributed by atoms with E-state index in [-0.39, 0.29) is 22.4 Å². The average Bonchev–Trinajstić information content (AvgIpc) is 3.89. The number of para-hydroxylation sites is 2. The molecule has 250 valence electrons. The Morgan fingerprint density at radius 2 is 1.43 bits per heavy atom. The van der Waals surface area contributed by atoms with Crippen LogP contribution < -0.4 is 0 Å². The zero-order valence-electron chi connectivity index (χ0n) is 29.0. The van der Waals surface area contributed by atoms with Crippen molar-refractivity contribution < 1.29 is 0 Å². The number of nitrogens with zero attached hydrogens (tertiary/aromatic N) is 8. The number of H-pyrrole nitrogens is 1. The van der Waals surface area contributed by atoms with Crippen molar-refractivity contribution in [1.82, 2.24) is 29.3 Å². The molecule has 0 fully saturated rings. The fourth-order valence-electron chi connectivity index (χ4n) is 7.31. The van der Waals surface area contributed by atoms with Gasteiger partial charge >= 0.3 is 0 Å². The summed E-state index contributed by atoms with van der Waals surface area (Å²) < 4.78 is 4.44. The molecule has 1 N–H and O–H groups in total. The third-order valence-electron chi connectivity index (χ3n) is 9.86. The average molecular weight is 684 g/mol. The predicted molar refractivity (Wildman–Crippen MR) is 210 cm³/mol. The van der Waals surface area contributed by atoms with E-state index in [4.69, 9.17) is 23.1 Å². The van der Waals surface area contributed by atoms with Crippen molar-refractivity contribution in [3.05, 3.63) is 149 Å². The van der Waals surface area contributed by atoms with Gasteiger partial charge in [-0.2, -0.15) is 10.4 Å². The van der Waals surface area contributed by atoms with Gasteiger partial charge < -0.3 is 0 Å². The third-order valence-corrected chi connectivity index (χ3v) is 9.86. The van der Waals surface area contributed by atoms with E-state index >= 15 is 0 Å². The Morgan fingerprint density at radius 3 is 2.17 bits per heavy atom. The highest BCUT2D eigenvalue weighted by Crippen LogP contribution is 2.40. The van der Waals surface area contributed by atoms with Crippen molar-refractivity contribution >= 4 is 55.1 Å². The van der Waals surface area contributed by atoms with E-state index in [9.17, 15) is 5.26 Å². The Labute approximate surface area is 304 Å². The van der Waals surface area contributed by atoms with Gasteiger partial charge in [-0.1, -0.05) is 69.3 Å². The summed E-state index contributed by atoms with van der Waals surface area (Å²) in [5, 5.41) is 21.8. The number of hydrogen-bond acceptors (Lipinski definition) is 4. The van der Waals surface area contributed by atoms with E-state index in [1.807, 2.05) is 24.4 Å². The van der Waals surface area contributed by atoms with E-state index in [2.05, 4.69) is 129 Å². The van der Waals surface area contributed by atoms with E-state index in [0.29, 0.717) is 22.6 Å². The highest BCUT2D eigenvalue weighted by Gasteiger charge is 2.21. The number of hydrogen-bond donors (Lipinski definition) is 1. The standard InChI is InChI=1S/C44H29N9/c1-44(2,3)27-18-19-48-41(21-27)53-39-13-9-6-10-30(39)32-15-14-29(23-40(32)53)52-38-12-8-7-11-31(38)33-16-17-34(49-43(33)52)35-24-37(51-50-35)42-26(25-45)20-28(46-4)22-36(42)47-5/h6-24H,1-3H3,(H,50,51). The lowest BCUT2D eigenvalue weighted by Crippen LogP contribution is -2.12. The summed E-state index contributed by atoms with van der Waals surface area (Å²) >= 11 is 0. The molecule has 9 aromatic rings. The Bertz CT molecular complexity index is 3060. The number of rotatable bonds is 4. The van der Waals surface area contributed by atoms with Crippen molar-refractivity contribution in [2.24, 2.45) is 0 Å². The van der Waals surface area contributed by atoms with Crippen LogP contribution in [-0.4, -0.2) is 29.3 Å². The molecule has 5 heterocycles. The molecule has 5 aromatic heterocycles. The van der Waals surface area contributed by atoms with Crippen LogP contribution in [0.1, 0.15) is 31.9 Å². The van der Waals surface area contributed by atoms with Crippen molar-refractivity contribution in [1.29, 1.82) is 5.26 Å². The molecule has 0 aliphatic rings. The van der Waals surface area contributed by atoms with Gasteiger partial charge in [-0.05, 0) is 71.6 Å². The van der Waals surface area contributed by atoms with Crippen molar-refractivity contribution in [3.8, 4) is 40.2 Å². The van der Waals surface area contributed by atoms with Crippen LogP contribution in [0.3, 0.4) is 0 Å². The molecule has 0 spiro atoms. The number of aromatic amines is 1. The quantitative estimate of drug-likeness (QED) is 0.187. The van der Waals surface area contributed by atoms with Crippen LogP contribution in [-0.2, 0) is 5.41 Å². The summed E-state index contributed by atoms with van der Waals surface area (Å²) in [6.07, 6.45) is 1.89. The lowest BCUT2D eigenvalue weighted by atomic mass is 9.88. The van der Waals surface area contributed by atoms with Gasteiger partial charge in [0, 0.05) is 44.6 Å². The van der Waals surface area contributed by atoms with Gasteiger partial charge in [-0.15, -0.1) is 0 Å². The highest BCUT2D eigenvalue weighted by atomic mass is 15.1. The maximum Gasteiger partial charge on any atom is 0.187 e. The van der Waals surface area contributed by atoms with Gasteiger partial charge in [0.05, 0.1) is 52.8 Å². The van der Waals surface area contributed by atoms with Crippen LogP contribution in [0.2, 0.25) is 0 Å². The molecule has 0 aliphatic heterocycles. The normalized spacial score (nSPS) is 11.6. The summed E-state index contributed by atoms with van der Waals surface area (Å²) in [6.45, 7) is 21.8. The van der Waals surface area contributed by atoms with E-state index in [1.165, 1.54) is 17.7 Å². The lowest BCUT2D eigenvalue weighted by Gasteiger charge is -2.20. The molecule has 0 bridgehead atoms. The summed E-state index contributed by atoms with van der Waals surface area (Å²) in [5.41, 5.74) is 8.80. The van der Waals surface area contributed by atoms with Gasteiger partial charge in [0.2, 0.25) is 0 Å². The predicted octanol–water partition coefficient (Wildman–Crippen LogP) is 11.0. The first kappa shape index (κ1) is 31.4. The smallest absolute Gasteiger partial charge is 0.187 e. The zero-order valence-corrected chi connectivity index (χ0v) is 29.0. The van der Waals surface area contributed by atoms with Gasteiger partial charge in [0.25, 0.3) is 0 Å². The third kappa shape index (κ3) is 4.93.